The molecule has 1 N–H and O–H groups in total. The van der Waals surface area contributed by atoms with Crippen LogP contribution < -0.4 is 0 Å². The average Bonchev–Trinajstić information content (AvgIpc) is 2.66. The molecule has 0 aliphatic carbocycles. The van der Waals surface area contributed by atoms with E-state index in [-0.39, 0.29) is 6.54 Å². The van der Waals surface area contributed by atoms with Crippen molar-refractivity contribution in [1.29, 1.82) is 0 Å². The molecule has 1 fully saturated rings. The number of aryl methyl sites for hydroxylation is 1. The molecule has 22 heavy (non-hydrogen) atoms. The predicted molar refractivity (Wildman–Crippen MR) is 76.2 cm³/mol. The molecule has 0 amide bonds. The van der Waals surface area contributed by atoms with E-state index in [9.17, 15) is 18.3 Å². The lowest BCUT2D eigenvalue weighted by Crippen LogP contribution is -2.51. The van der Waals surface area contributed by atoms with Gasteiger partial charge in [0.2, 0.25) is 0 Å². The third-order valence-corrected chi connectivity index (χ3v) is 3.99. The van der Waals surface area contributed by atoms with Crippen molar-refractivity contribution in [3.63, 3.8) is 0 Å². The van der Waals surface area contributed by atoms with Gasteiger partial charge in [-0.1, -0.05) is 0 Å². The van der Waals surface area contributed by atoms with Crippen LogP contribution in [0.3, 0.4) is 0 Å². The molecule has 2 rings (SSSR count). The topological polar surface area (TPSA) is 44.5 Å². The number of hydrogen-bond acceptors (Lipinski definition) is 4. The van der Waals surface area contributed by atoms with Gasteiger partial charge >= 0.3 is 6.18 Å². The Kier molecular flexibility index (Phi) is 5.14. The third kappa shape index (κ3) is 4.44. The molecule has 0 unspecified atom stereocenters. The van der Waals surface area contributed by atoms with Crippen LogP contribution in [0.5, 0.6) is 0 Å². The molecule has 1 aliphatic heterocycles. The van der Waals surface area contributed by atoms with Gasteiger partial charge in [-0.05, 0) is 26.4 Å². The predicted octanol–water partition coefficient (Wildman–Crippen LogP) is 1.24. The Bertz CT molecular complexity index is 487. The Morgan fingerprint density at radius 1 is 1.18 bits per heavy atom. The van der Waals surface area contributed by atoms with Crippen molar-refractivity contribution in [1.82, 2.24) is 19.6 Å². The van der Waals surface area contributed by atoms with Crippen LogP contribution in [-0.2, 0) is 13.6 Å². The van der Waals surface area contributed by atoms with E-state index < -0.39 is 11.8 Å². The van der Waals surface area contributed by atoms with Crippen LogP contribution in [0.4, 0.5) is 13.2 Å². The minimum Gasteiger partial charge on any atom is -0.380 e. The highest BCUT2D eigenvalue weighted by molar-refractivity contribution is 5.03. The van der Waals surface area contributed by atoms with Crippen LogP contribution in [0.25, 0.3) is 0 Å². The van der Waals surface area contributed by atoms with Gasteiger partial charge in [0.1, 0.15) is 0 Å². The first kappa shape index (κ1) is 17.2. The fraction of sp³-hybridized carbons (Fsp3) is 0.786. The number of aliphatic hydroxyl groups is 1. The van der Waals surface area contributed by atoms with Gasteiger partial charge in [-0.2, -0.15) is 18.3 Å². The fourth-order valence-electron chi connectivity index (χ4n) is 2.68. The number of nitrogens with zero attached hydrogens (tertiary/aromatic N) is 4. The van der Waals surface area contributed by atoms with Crippen molar-refractivity contribution >= 4 is 0 Å². The second-order valence-electron chi connectivity index (χ2n) is 6.20. The molecule has 1 aromatic heterocycles. The first-order valence-electron chi connectivity index (χ1n) is 7.39. The number of halogens is 3. The van der Waals surface area contributed by atoms with Gasteiger partial charge in [0.15, 0.2) is 5.60 Å². The highest BCUT2D eigenvalue weighted by atomic mass is 19.4. The van der Waals surface area contributed by atoms with Crippen LogP contribution in [0.15, 0.2) is 12.4 Å². The summed E-state index contributed by atoms with van der Waals surface area (Å²) in [6, 6.07) is 0. The summed E-state index contributed by atoms with van der Waals surface area (Å²) in [7, 11) is 1.85. The Hall–Kier alpha value is -1.12. The maximum Gasteiger partial charge on any atom is 0.418 e. The van der Waals surface area contributed by atoms with Gasteiger partial charge in [-0.3, -0.25) is 14.5 Å². The lowest BCUT2D eigenvalue weighted by molar-refractivity contribution is -0.257. The first-order valence-corrected chi connectivity index (χ1v) is 7.39. The van der Waals surface area contributed by atoms with Gasteiger partial charge in [0.25, 0.3) is 0 Å². The first-order chi connectivity index (χ1) is 10.2. The smallest absolute Gasteiger partial charge is 0.380 e. The lowest BCUT2D eigenvalue weighted by atomic mass is 10.1. The molecule has 0 aromatic carbocycles. The highest BCUT2D eigenvalue weighted by Crippen LogP contribution is 2.30. The summed E-state index contributed by atoms with van der Waals surface area (Å²) >= 11 is 0. The van der Waals surface area contributed by atoms with E-state index in [1.54, 1.807) is 15.8 Å². The number of alkyl halides is 3. The van der Waals surface area contributed by atoms with E-state index >= 15 is 0 Å². The van der Waals surface area contributed by atoms with Crippen molar-refractivity contribution < 1.29 is 18.3 Å². The molecule has 0 spiro atoms. The molecule has 5 nitrogen and oxygen atoms in total. The van der Waals surface area contributed by atoms with E-state index in [1.807, 2.05) is 13.2 Å². The van der Waals surface area contributed by atoms with Crippen LogP contribution in [0.1, 0.15) is 18.9 Å². The fourth-order valence-corrected chi connectivity index (χ4v) is 2.68. The zero-order chi connectivity index (χ0) is 16.4. The average molecular weight is 320 g/mol. The monoisotopic (exact) mass is 320 g/mol. The quantitative estimate of drug-likeness (QED) is 0.907. The van der Waals surface area contributed by atoms with Gasteiger partial charge < -0.3 is 5.11 Å². The van der Waals surface area contributed by atoms with Crippen LogP contribution in [-0.4, -0.2) is 69.2 Å². The van der Waals surface area contributed by atoms with E-state index in [0.29, 0.717) is 19.6 Å². The lowest BCUT2D eigenvalue weighted by Gasteiger charge is -2.32. The zero-order valence-corrected chi connectivity index (χ0v) is 13.0. The number of rotatable bonds is 4. The van der Waals surface area contributed by atoms with E-state index in [0.717, 1.165) is 32.0 Å². The van der Waals surface area contributed by atoms with Gasteiger partial charge in [-0.25, -0.2) is 0 Å². The van der Waals surface area contributed by atoms with Crippen molar-refractivity contribution in [3.05, 3.63) is 18.0 Å². The Balaban J connectivity index is 1.87. The molecule has 1 aromatic rings. The Morgan fingerprint density at radius 3 is 2.41 bits per heavy atom. The number of hydrogen-bond donors (Lipinski definition) is 1. The van der Waals surface area contributed by atoms with E-state index in [2.05, 4.69) is 10.00 Å². The van der Waals surface area contributed by atoms with Gasteiger partial charge in [-0.15, -0.1) is 0 Å². The second kappa shape index (κ2) is 6.55. The molecular formula is C14H23F3N4O. The maximum atomic E-state index is 12.8. The SMILES string of the molecule is Cn1cc(CN2CCCN(C[C@](C)(O)C(F)(F)F)CC2)cn1. The molecule has 126 valence electrons. The van der Waals surface area contributed by atoms with Gasteiger partial charge in [0, 0.05) is 45.0 Å². The molecule has 0 bridgehead atoms. The van der Waals surface area contributed by atoms with Gasteiger partial charge in [0.05, 0.1) is 6.20 Å². The largest absolute Gasteiger partial charge is 0.418 e. The van der Waals surface area contributed by atoms with Crippen molar-refractivity contribution in [2.75, 3.05) is 32.7 Å². The molecule has 2 heterocycles. The minimum absolute atomic E-state index is 0.378. The summed E-state index contributed by atoms with van der Waals surface area (Å²) in [5.41, 5.74) is -1.57. The van der Waals surface area contributed by atoms with Crippen LogP contribution in [0, 0.1) is 0 Å². The normalized spacial score (nSPS) is 21.5. The third-order valence-electron chi connectivity index (χ3n) is 3.99. The Morgan fingerprint density at radius 2 is 1.82 bits per heavy atom. The van der Waals surface area contributed by atoms with E-state index in [1.165, 1.54) is 0 Å². The second-order valence-corrected chi connectivity index (χ2v) is 6.20. The molecule has 8 heteroatoms. The summed E-state index contributed by atoms with van der Waals surface area (Å²) in [5.74, 6) is 0. The Labute approximate surface area is 128 Å². The number of aromatic nitrogens is 2. The maximum absolute atomic E-state index is 12.8. The molecule has 0 radical (unpaired) electrons. The van der Waals surface area contributed by atoms with Crippen molar-refractivity contribution in [2.24, 2.45) is 7.05 Å². The summed E-state index contributed by atoms with van der Waals surface area (Å²) < 4.78 is 40.0. The molecule has 1 atom stereocenters. The molecule has 1 saturated heterocycles. The summed E-state index contributed by atoms with van der Waals surface area (Å²) in [6.07, 6.45) is -0.0723. The summed E-state index contributed by atoms with van der Waals surface area (Å²) in [6.45, 7) is 3.81. The number of β-amino-alcohol motifs (C(OH)–C–C–N with tert-alkyl or cyclic N) is 1. The highest BCUT2D eigenvalue weighted by Gasteiger charge is 2.50. The molecular weight excluding hydrogens is 297 g/mol. The minimum atomic E-state index is -4.60. The molecule has 0 saturated carbocycles. The van der Waals surface area contributed by atoms with Crippen LogP contribution >= 0.6 is 0 Å². The standard InChI is InChI=1S/C14H23F3N4O/c1-13(22,14(15,16)17)11-21-5-3-4-20(6-7-21)10-12-8-18-19(2)9-12/h8-9,22H,3-7,10-11H2,1-2H3/t13-/m0/s1. The molecule has 1 aliphatic rings. The van der Waals surface area contributed by atoms with Crippen molar-refractivity contribution in [3.8, 4) is 0 Å². The van der Waals surface area contributed by atoms with E-state index in [4.69, 9.17) is 0 Å². The zero-order valence-electron chi connectivity index (χ0n) is 13.0. The van der Waals surface area contributed by atoms with Crippen molar-refractivity contribution in [2.45, 2.75) is 31.7 Å². The van der Waals surface area contributed by atoms with Crippen LogP contribution in [0.2, 0.25) is 0 Å². The summed E-state index contributed by atoms with van der Waals surface area (Å²) in [5, 5.41) is 13.7. The summed E-state index contributed by atoms with van der Waals surface area (Å²) in [4.78, 5) is 3.90.